The summed E-state index contributed by atoms with van der Waals surface area (Å²) in [6.45, 7) is 11.4. The second kappa shape index (κ2) is 27.7. The van der Waals surface area contributed by atoms with Gasteiger partial charge in [-0.2, -0.15) is 0 Å². The second-order valence-electron chi connectivity index (χ2n) is 18.6. The van der Waals surface area contributed by atoms with Gasteiger partial charge in [-0.1, -0.05) is 78.3 Å². The normalized spacial score (nSPS) is 15.0. The lowest BCUT2D eigenvalue weighted by Gasteiger charge is -2.29. The molecule has 0 aliphatic carbocycles. The van der Waals surface area contributed by atoms with Crippen LogP contribution in [0.3, 0.4) is 0 Å². The van der Waals surface area contributed by atoms with Crippen LogP contribution in [0.15, 0.2) is 54.7 Å². The van der Waals surface area contributed by atoms with Crippen molar-refractivity contribution in [2.45, 2.75) is 142 Å². The maximum absolute atomic E-state index is 14.2. The number of carboxylic acids is 3. The van der Waals surface area contributed by atoms with Gasteiger partial charge in [0.05, 0.1) is 12.5 Å². The van der Waals surface area contributed by atoms with E-state index in [1.807, 2.05) is 12.1 Å². The van der Waals surface area contributed by atoms with Crippen LogP contribution in [0.4, 0.5) is 0 Å². The van der Waals surface area contributed by atoms with E-state index in [9.17, 15) is 63.3 Å². The lowest BCUT2D eigenvalue weighted by molar-refractivity contribution is -0.142. The summed E-state index contributed by atoms with van der Waals surface area (Å²) in [5.41, 5.74) is 7.62. The molecule has 7 amide bonds. The van der Waals surface area contributed by atoms with Crippen molar-refractivity contribution < 1.29 is 68.4 Å². The highest BCUT2D eigenvalue weighted by molar-refractivity contribution is 5.98. The maximum Gasteiger partial charge on any atom is 0.326 e. The first-order chi connectivity index (χ1) is 33.8. The molecule has 0 unspecified atom stereocenters. The zero-order chi connectivity index (χ0) is 54.0. The van der Waals surface area contributed by atoms with Gasteiger partial charge in [0.2, 0.25) is 41.4 Å². The van der Waals surface area contributed by atoms with E-state index in [1.165, 1.54) is 31.2 Å². The van der Waals surface area contributed by atoms with Gasteiger partial charge in [0.25, 0.3) is 0 Å². The van der Waals surface area contributed by atoms with Crippen molar-refractivity contribution in [1.29, 1.82) is 0 Å². The summed E-state index contributed by atoms with van der Waals surface area (Å²) in [4.78, 5) is 134. The number of aromatic hydroxyl groups is 1. The number of aliphatic carboxylic acids is 3. The average molecular weight is 1010 g/mol. The Morgan fingerprint density at radius 3 is 1.74 bits per heavy atom. The summed E-state index contributed by atoms with van der Waals surface area (Å²) >= 11 is 0. The van der Waals surface area contributed by atoms with Crippen LogP contribution in [-0.4, -0.2) is 133 Å². The molecule has 0 saturated heterocycles. The van der Waals surface area contributed by atoms with Gasteiger partial charge in [-0.15, -0.1) is 0 Å². The third-order valence-electron chi connectivity index (χ3n) is 11.9. The minimum Gasteiger partial charge on any atom is -0.508 e. The number of amides is 7. The Hall–Kier alpha value is -7.56. The lowest BCUT2D eigenvalue weighted by atomic mass is 9.96. The first-order valence-electron chi connectivity index (χ1n) is 23.7. The van der Waals surface area contributed by atoms with Crippen molar-refractivity contribution in [2.75, 3.05) is 0 Å². The number of para-hydroxylation sites is 1. The number of fused-ring (bicyclic) bond motifs is 1. The maximum atomic E-state index is 14.2. The number of hydrogen-bond acceptors (Lipinski definition) is 12. The molecule has 0 fully saturated rings. The van der Waals surface area contributed by atoms with Crippen molar-refractivity contribution in [2.24, 2.45) is 23.5 Å². The van der Waals surface area contributed by atoms with Gasteiger partial charge in [-0.05, 0) is 66.8 Å². The molecular weight excluding hydrogens is 939 g/mol. The summed E-state index contributed by atoms with van der Waals surface area (Å²) in [5.74, 6) is -11.7. The number of aromatic amines is 1. The molecule has 72 heavy (non-hydrogen) atoms. The van der Waals surface area contributed by atoms with Gasteiger partial charge in [-0.3, -0.25) is 43.2 Å². The Morgan fingerprint density at radius 2 is 1.15 bits per heavy atom. The predicted octanol–water partition coefficient (Wildman–Crippen LogP) is 0.572. The summed E-state index contributed by atoms with van der Waals surface area (Å²) < 4.78 is 0. The van der Waals surface area contributed by atoms with E-state index in [4.69, 9.17) is 10.8 Å². The van der Waals surface area contributed by atoms with Crippen LogP contribution in [0, 0.1) is 17.8 Å². The van der Waals surface area contributed by atoms with Gasteiger partial charge in [0, 0.05) is 36.4 Å². The third-order valence-corrected chi connectivity index (χ3v) is 11.9. The fourth-order valence-corrected chi connectivity index (χ4v) is 7.54. The van der Waals surface area contributed by atoms with Crippen molar-refractivity contribution >= 4 is 70.2 Å². The van der Waals surface area contributed by atoms with E-state index in [0.717, 1.165) is 10.9 Å². The molecule has 1 aromatic heterocycles. The highest BCUT2D eigenvalue weighted by Crippen LogP contribution is 2.20. The number of H-pyrrole nitrogens is 1. The second-order valence-corrected chi connectivity index (χ2v) is 18.6. The quantitative estimate of drug-likeness (QED) is 0.0452. The van der Waals surface area contributed by atoms with Gasteiger partial charge in [-0.25, -0.2) is 4.79 Å². The number of aromatic nitrogens is 1. The summed E-state index contributed by atoms with van der Waals surface area (Å²) in [7, 11) is 0. The molecule has 0 radical (unpaired) electrons. The third kappa shape index (κ3) is 18.3. The number of rotatable bonds is 29. The summed E-state index contributed by atoms with van der Waals surface area (Å²) in [6.07, 6.45) is -0.0943. The molecular formula is C49H69N9O14. The molecule has 394 valence electrons. The molecule has 0 spiro atoms. The predicted molar refractivity (Wildman–Crippen MR) is 261 cm³/mol. The van der Waals surface area contributed by atoms with E-state index in [1.54, 1.807) is 59.9 Å². The van der Waals surface area contributed by atoms with Crippen LogP contribution in [0.2, 0.25) is 0 Å². The highest BCUT2D eigenvalue weighted by Gasteiger charge is 2.36. The van der Waals surface area contributed by atoms with Crippen molar-refractivity contribution in [3.8, 4) is 5.75 Å². The van der Waals surface area contributed by atoms with E-state index in [0.29, 0.717) is 17.5 Å². The number of nitrogens with one attached hydrogen (secondary N) is 8. The smallest absolute Gasteiger partial charge is 0.326 e. The average Bonchev–Trinajstić information content (AvgIpc) is 3.72. The van der Waals surface area contributed by atoms with E-state index in [-0.39, 0.29) is 30.9 Å². The number of carbonyl (C=O) groups excluding carboxylic acids is 7. The molecule has 23 nitrogen and oxygen atoms in total. The Balaban J connectivity index is 1.82. The monoisotopic (exact) mass is 1010 g/mol. The molecule has 3 rings (SSSR count). The van der Waals surface area contributed by atoms with E-state index in [2.05, 4.69) is 42.2 Å². The Labute approximate surface area is 416 Å². The number of nitrogens with two attached hydrogens (primary N) is 1. The molecule has 0 bridgehead atoms. The standard InChI is InChI=1S/C49H69N9O14/c1-8-26(6)41(58-43(65)32(50)22-39(62)63)48(70)55-36(20-28-13-15-30(59)16-14-28)46(68)54-35(19-24(2)3)45(67)53-34(17-18-38(60)61)44(66)52-27(7)42(64)57-40(25(4)5)47(69)56-37(49(71)72)21-29-23-51-33-12-10-9-11-31(29)33/h9-16,23-27,32,34-37,40-41,51,59H,8,17-22,50H2,1-7H3,(H,52,66)(H,53,67)(H,54,68)(H,55,70)(H,56,69)(H,57,64)(H,58,65)(H,60,61)(H,62,63)(H,71,72)/t26-,27-,32-,34-,35-,36-,37-,40-,41-/m0/s1. The molecule has 9 atom stereocenters. The van der Waals surface area contributed by atoms with Crippen molar-refractivity contribution in [3.63, 3.8) is 0 Å². The fraction of sp³-hybridized carbons (Fsp3) is 0.510. The first-order valence-corrected chi connectivity index (χ1v) is 23.7. The molecule has 14 N–H and O–H groups in total. The number of phenolic OH excluding ortho intramolecular Hbond substituents is 1. The fourth-order valence-electron chi connectivity index (χ4n) is 7.54. The van der Waals surface area contributed by atoms with Crippen LogP contribution in [-0.2, 0) is 60.8 Å². The Bertz CT molecular complexity index is 2410. The van der Waals surface area contributed by atoms with Crippen molar-refractivity contribution in [3.05, 3.63) is 65.9 Å². The number of hydrogen-bond donors (Lipinski definition) is 13. The summed E-state index contributed by atoms with van der Waals surface area (Å²) in [5, 5.41) is 57.0. The highest BCUT2D eigenvalue weighted by atomic mass is 16.4. The van der Waals surface area contributed by atoms with E-state index >= 15 is 0 Å². The summed E-state index contributed by atoms with van der Waals surface area (Å²) in [6, 6.07) is 1.69. The molecule has 0 aliphatic heterocycles. The molecule has 2 aromatic carbocycles. The van der Waals surface area contributed by atoms with E-state index < -0.39 is 139 Å². The number of carbonyl (C=O) groups is 10. The first kappa shape index (κ1) is 58.8. The Kier molecular flexibility index (Phi) is 22.6. The zero-order valence-electron chi connectivity index (χ0n) is 41.4. The number of phenols is 1. The molecule has 0 aliphatic rings. The minimum atomic E-state index is -1.58. The van der Waals surface area contributed by atoms with Crippen LogP contribution < -0.4 is 43.0 Å². The number of carboxylic acid groups (broad SMARTS) is 3. The molecule has 3 aromatic rings. The molecule has 23 heteroatoms. The van der Waals surface area contributed by atoms with Gasteiger partial charge < -0.3 is 68.4 Å². The minimum absolute atomic E-state index is 0.0281. The van der Waals surface area contributed by atoms with Crippen LogP contribution in [0.25, 0.3) is 10.9 Å². The zero-order valence-corrected chi connectivity index (χ0v) is 41.4. The van der Waals surface area contributed by atoms with Gasteiger partial charge in [0.1, 0.15) is 48.0 Å². The van der Waals surface area contributed by atoms with Crippen molar-refractivity contribution in [1.82, 2.24) is 42.2 Å². The lowest BCUT2D eigenvalue weighted by Crippen LogP contribution is -2.61. The largest absolute Gasteiger partial charge is 0.508 e. The van der Waals surface area contributed by atoms with Crippen LogP contribution >= 0.6 is 0 Å². The number of benzene rings is 2. The van der Waals surface area contributed by atoms with Gasteiger partial charge in [0.15, 0.2) is 0 Å². The molecule has 0 saturated carbocycles. The molecule has 1 heterocycles. The Morgan fingerprint density at radius 1 is 0.597 bits per heavy atom. The van der Waals surface area contributed by atoms with Gasteiger partial charge >= 0.3 is 17.9 Å². The SMILES string of the molecule is CC[C@H](C)[C@H](NC(=O)[C@@H](N)CC(=O)O)C(=O)N[C@@H](Cc1ccc(O)cc1)C(=O)N[C@@H](CC(C)C)C(=O)N[C@@H](CCC(=O)O)C(=O)N[C@@H](C)C(=O)N[C@H](C(=O)N[C@@H](Cc1c[nH]c2ccccc12)C(=O)O)C(C)C. The van der Waals surface area contributed by atoms with Crippen LogP contribution in [0.5, 0.6) is 5.75 Å². The topological polar surface area (TPSA) is 378 Å². The van der Waals surface area contributed by atoms with Crippen LogP contribution in [0.1, 0.15) is 91.7 Å².